The average Bonchev–Trinajstić information content (AvgIpc) is 1.80. The molecule has 0 aliphatic heterocycles. The van der Waals surface area contributed by atoms with E-state index < -0.39 is 6.03 Å². The van der Waals surface area contributed by atoms with Crippen LogP contribution in [0, 0.1) is 0 Å². The molecule has 4 N–H and O–H groups in total. The number of nitrogens with one attached hydrogen (secondary N) is 2. The lowest BCUT2D eigenvalue weighted by Crippen LogP contribution is -2.31. The Morgan fingerprint density at radius 2 is 2.22 bits per heavy atom. The summed E-state index contributed by atoms with van der Waals surface area (Å²) in [4.78, 5) is 10.1. The van der Waals surface area contributed by atoms with E-state index in [9.17, 15) is 4.79 Å². The molecule has 0 aromatic heterocycles. The summed E-state index contributed by atoms with van der Waals surface area (Å²) in [5.41, 5.74) is 4.80. The number of hydrogen-bond acceptors (Lipinski definition) is 2. The maximum absolute atomic E-state index is 10.1. The topological polar surface area (TPSA) is 67.2 Å². The summed E-state index contributed by atoms with van der Waals surface area (Å²) in [5, 5.41) is 5.43. The van der Waals surface area contributed by atoms with Crippen molar-refractivity contribution >= 4 is 6.03 Å². The largest absolute Gasteiger partial charge is 0.352 e. The van der Waals surface area contributed by atoms with E-state index in [1.807, 2.05) is 7.05 Å². The van der Waals surface area contributed by atoms with Crippen LogP contribution >= 0.6 is 0 Å². The quantitative estimate of drug-likeness (QED) is 0.440. The van der Waals surface area contributed by atoms with Crippen LogP contribution in [0.3, 0.4) is 0 Å². The summed E-state index contributed by atoms with van der Waals surface area (Å²) in [6.45, 7) is 1.55. The normalized spacial score (nSPS) is 9.00. The molecule has 0 bridgehead atoms. The Labute approximate surface area is 54.8 Å². The molecule has 0 aliphatic rings. The van der Waals surface area contributed by atoms with Crippen molar-refractivity contribution in [2.24, 2.45) is 5.73 Å². The van der Waals surface area contributed by atoms with Gasteiger partial charge in [0.1, 0.15) is 0 Å². The molecule has 0 radical (unpaired) electrons. The van der Waals surface area contributed by atoms with Crippen LogP contribution in [0.5, 0.6) is 0 Å². The van der Waals surface area contributed by atoms with Gasteiger partial charge < -0.3 is 16.4 Å². The van der Waals surface area contributed by atoms with Crippen LogP contribution in [-0.4, -0.2) is 26.2 Å². The Kier molecular flexibility index (Phi) is 4.91. The van der Waals surface area contributed by atoms with Crippen LogP contribution in [-0.2, 0) is 0 Å². The van der Waals surface area contributed by atoms with Gasteiger partial charge in [-0.3, -0.25) is 0 Å². The Morgan fingerprint density at radius 3 is 2.67 bits per heavy atom. The summed E-state index contributed by atoms with van der Waals surface area (Å²) in [7, 11) is 1.87. The lowest BCUT2D eigenvalue weighted by molar-refractivity contribution is 0.249. The highest BCUT2D eigenvalue weighted by molar-refractivity contribution is 5.71. The van der Waals surface area contributed by atoms with Crippen molar-refractivity contribution in [1.29, 1.82) is 0 Å². The summed E-state index contributed by atoms with van der Waals surface area (Å²) in [5.74, 6) is 0. The molecule has 0 aliphatic carbocycles. The van der Waals surface area contributed by atoms with Crippen LogP contribution in [0.1, 0.15) is 6.42 Å². The average molecular weight is 131 g/mol. The number of amides is 2. The molecule has 0 atom stereocenters. The van der Waals surface area contributed by atoms with Crippen LogP contribution in [0.25, 0.3) is 0 Å². The molecule has 4 heteroatoms. The van der Waals surface area contributed by atoms with Crippen molar-refractivity contribution in [1.82, 2.24) is 10.6 Å². The third kappa shape index (κ3) is 7.23. The van der Waals surface area contributed by atoms with E-state index in [2.05, 4.69) is 10.6 Å². The van der Waals surface area contributed by atoms with Gasteiger partial charge in [-0.25, -0.2) is 4.79 Å². The number of urea groups is 1. The fraction of sp³-hybridized carbons (Fsp3) is 0.800. The Balaban J connectivity index is 2.83. The fourth-order valence-corrected chi connectivity index (χ4v) is 0.477. The molecule has 0 saturated carbocycles. The molecule has 0 aromatic rings. The second-order valence-corrected chi connectivity index (χ2v) is 1.75. The van der Waals surface area contributed by atoms with Gasteiger partial charge in [0.2, 0.25) is 0 Å². The highest BCUT2D eigenvalue weighted by Crippen LogP contribution is 1.69. The minimum atomic E-state index is -0.453. The molecule has 9 heavy (non-hydrogen) atoms. The molecule has 0 saturated heterocycles. The molecule has 0 unspecified atom stereocenters. The SMILES string of the molecule is CNCCCNC(N)=O. The van der Waals surface area contributed by atoms with Crippen molar-refractivity contribution in [2.45, 2.75) is 6.42 Å². The van der Waals surface area contributed by atoms with Crippen LogP contribution in [0.4, 0.5) is 4.79 Å². The third-order valence-electron chi connectivity index (χ3n) is 0.903. The third-order valence-corrected chi connectivity index (χ3v) is 0.903. The maximum Gasteiger partial charge on any atom is 0.312 e. The Morgan fingerprint density at radius 1 is 1.56 bits per heavy atom. The van der Waals surface area contributed by atoms with Gasteiger partial charge in [0.15, 0.2) is 0 Å². The van der Waals surface area contributed by atoms with Crippen LogP contribution in [0.15, 0.2) is 0 Å². The fourth-order valence-electron chi connectivity index (χ4n) is 0.477. The zero-order valence-corrected chi connectivity index (χ0v) is 5.61. The molecule has 54 valence electrons. The number of hydrogen-bond donors (Lipinski definition) is 3. The van der Waals surface area contributed by atoms with Gasteiger partial charge in [-0.1, -0.05) is 0 Å². The van der Waals surface area contributed by atoms with Crippen molar-refractivity contribution in [3.63, 3.8) is 0 Å². The number of primary amides is 1. The predicted molar refractivity (Wildman–Crippen MR) is 36.1 cm³/mol. The minimum absolute atomic E-state index is 0.453. The monoisotopic (exact) mass is 131 g/mol. The van der Waals surface area contributed by atoms with E-state index in [4.69, 9.17) is 5.73 Å². The molecule has 4 nitrogen and oxygen atoms in total. The maximum atomic E-state index is 10.1. The van der Waals surface area contributed by atoms with E-state index in [0.717, 1.165) is 13.0 Å². The first-order valence-corrected chi connectivity index (χ1v) is 2.95. The Bertz CT molecular complexity index is 84.3. The summed E-state index contributed by atoms with van der Waals surface area (Å²) in [6.07, 6.45) is 0.916. The second kappa shape index (κ2) is 5.37. The number of carbonyl (C=O) groups excluding carboxylic acids is 1. The first kappa shape index (κ1) is 8.23. The van der Waals surface area contributed by atoms with E-state index in [1.54, 1.807) is 0 Å². The van der Waals surface area contributed by atoms with E-state index in [1.165, 1.54) is 0 Å². The minimum Gasteiger partial charge on any atom is -0.352 e. The standard InChI is InChI=1S/C5H13N3O/c1-7-3-2-4-8-5(6)9/h7H,2-4H2,1H3,(H3,6,8,9). The number of carbonyl (C=O) groups is 1. The zero-order valence-electron chi connectivity index (χ0n) is 5.61. The molecule has 0 fully saturated rings. The molecular weight excluding hydrogens is 118 g/mol. The molecule has 0 spiro atoms. The van der Waals surface area contributed by atoms with Crippen molar-refractivity contribution in [3.05, 3.63) is 0 Å². The van der Waals surface area contributed by atoms with Gasteiger partial charge in [0, 0.05) is 6.54 Å². The van der Waals surface area contributed by atoms with Crippen LogP contribution in [0.2, 0.25) is 0 Å². The highest BCUT2D eigenvalue weighted by Gasteiger charge is 1.87. The van der Waals surface area contributed by atoms with E-state index in [0.29, 0.717) is 6.54 Å². The predicted octanol–water partition coefficient (Wildman–Crippen LogP) is -0.736. The lowest BCUT2D eigenvalue weighted by atomic mass is 10.4. The number of rotatable bonds is 4. The van der Waals surface area contributed by atoms with E-state index in [-0.39, 0.29) is 0 Å². The first-order valence-electron chi connectivity index (χ1n) is 2.95. The van der Waals surface area contributed by atoms with Gasteiger partial charge >= 0.3 is 6.03 Å². The number of nitrogens with two attached hydrogens (primary N) is 1. The molecule has 0 heterocycles. The first-order chi connectivity index (χ1) is 4.27. The summed E-state index contributed by atoms with van der Waals surface area (Å²) >= 11 is 0. The molecule has 0 rings (SSSR count). The Hall–Kier alpha value is -0.770. The van der Waals surface area contributed by atoms with Gasteiger partial charge in [-0.2, -0.15) is 0 Å². The van der Waals surface area contributed by atoms with Gasteiger partial charge in [0.25, 0.3) is 0 Å². The second-order valence-electron chi connectivity index (χ2n) is 1.75. The van der Waals surface area contributed by atoms with Crippen LogP contribution < -0.4 is 16.4 Å². The van der Waals surface area contributed by atoms with Crippen molar-refractivity contribution < 1.29 is 4.79 Å². The van der Waals surface area contributed by atoms with E-state index >= 15 is 0 Å². The molecule has 0 aromatic carbocycles. The summed E-state index contributed by atoms with van der Waals surface area (Å²) in [6, 6.07) is -0.453. The summed E-state index contributed by atoms with van der Waals surface area (Å²) < 4.78 is 0. The molecule has 2 amide bonds. The van der Waals surface area contributed by atoms with Crippen molar-refractivity contribution in [3.8, 4) is 0 Å². The van der Waals surface area contributed by atoms with Crippen molar-refractivity contribution in [2.75, 3.05) is 20.1 Å². The lowest BCUT2D eigenvalue weighted by Gasteiger charge is -1.99. The zero-order chi connectivity index (χ0) is 7.11. The molecular formula is C5H13N3O. The van der Waals surface area contributed by atoms with Gasteiger partial charge in [-0.05, 0) is 20.0 Å². The van der Waals surface area contributed by atoms with Gasteiger partial charge in [-0.15, -0.1) is 0 Å². The van der Waals surface area contributed by atoms with Gasteiger partial charge in [0.05, 0.1) is 0 Å². The highest BCUT2D eigenvalue weighted by atomic mass is 16.2. The smallest absolute Gasteiger partial charge is 0.312 e.